The first-order chi connectivity index (χ1) is 11.8. The Morgan fingerprint density at radius 2 is 2.12 bits per heavy atom. The second-order valence-corrected chi connectivity index (χ2v) is 7.59. The molecular formula is C19H27N3O3. The van der Waals surface area contributed by atoms with Crippen LogP contribution in [0.2, 0.25) is 0 Å². The van der Waals surface area contributed by atoms with Crippen molar-refractivity contribution in [1.29, 1.82) is 0 Å². The molecule has 2 aliphatic rings. The second kappa shape index (κ2) is 6.77. The van der Waals surface area contributed by atoms with Crippen LogP contribution < -0.4 is 10.6 Å². The van der Waals surface area contributed by atoms with Gasteiger partial charge in [-0.15, -0.1) is 0 Å². The Morgan fingerprint density at radius 3 is 2.80 bits per heavy atom. The molecule has 0 spiro atoms. The number of imide groups is 1. The Bertz CT molecular complexity index is 690. The number of aliphatic hydroxyl groups excluding tert-OH is 1. The van der Waals surface area contributed by atoms with Crippen LogP contribution >= 0.6 is 0 Å². The Balaban J connectivity index is 1.68. The van der Waals surface area contributed by atoms with Crippen LogP contribution in [0.4, 0.5) is 4.79 Å². The lowest BCUT2D eigenvalue weighted by Gasteiger charge is -2.40. The van der Waals surface area contributed by atoms with Gasteiger partial charge in [-0.25, -0.2) is 4.79 Å². The van der Waals surface area contributed by atoms with Gasteiger partial charge in [-0.1, -0.05) is 23.8 Å². The fraction of sp³-hybridized carbons (Fsp3) is 0.579. The maximum atomic E-state index is 12.2. The molecule has 0 radical (unpaired) electrons. The summed E-state index contributed by atoms with van der Waals surface area (Å²) in [6.07, 6.45) is 1.28. The maximum Gasteiger partial charge on any atom is 0.322 e. The molecule has 6 nitrogen and oxygen atoms in total. The summed E-state index contributed by atoms with van der Waals surface area (Å²) in [5.41, 5.74) is 2.32. The number of carbonyl (C=O) groups excluding carboxylic acids is 2. The first-order valence-corrected chi connectivity index (χ1v) is 8.91. The van der Waals surface area contributed by atoms with E-state index < -0.39 is 17.7 Å². The van der Waals surface area contributed by atoms with Crippen LogP contribution in [0.1, 0.15) is 42.6 Å². The number of rotatable bonds is 4. The van der Waals surface area contributed by atoms with E-state index >= 15 is 0 Å². The summed E-state index contributed by atoms with van der Waals surface area (Å²) in [5.74, 6) is -0.210. The quantitative estimate of drug-likeness (QED) is 0.725. The molecule has 2 fully saturated rings. The molecule has 0 aliphatic carbocycles. The number of amides is 3. The van der Waals surface area contributed by atoms with E-state index in [0.717, 1.165) is 36.1 Å². The summed E-state index contributed by atoms with van der Waals surface area (Å²) in [4.78, 5) is 25.9. The van der Waals surface area contributed by atoms with E-state index in [2.05, 4.69) is 15.5 Å². The molecule has 2 heterocycles. The van der Waals surface area contributed by atoms with E-state index in [0.29, 0.717) is 13.1 Å². The number of aryl methyl sites for hydroxylation is 2. The molecule has 1 aromatic rings. The molecule has 6 heteroatoms. The van der Waals surface area contributed by atoms with Gasteiger partial charge in [-0.2, -0.15) is 0 Å². The zero-order valence-electron chi connectivity index (χ0n) is 15.1. The van der Waals surface area contributed by atoms with Gasteiger partial charge in [0.1, 0.15) is 5.54 Å². The number of hydrogen-bond acceptors (Lipinski definition) is 4. The van der Waals surface area contributed by atoms with Crippen LogP contribution in [-0.4, -0.2) is 47.1 Å². The van der Waals surface area contributed by atoms with Gasteiger partial charge in [0.15, 0.2) is 0 Å². The van der Waals surface area contributed by atoms with E-state index in [1.165, 1.54) is 0 Å². The van der Waals surface area contributed by atoms with Crippen molar-refractivity contribution in [1.82, 2.24) is 15.5 Å². The van der Waals surface area contributed by atoms with Crippen LogP contribution in [-0.2, 0) is 4.79 Å². The molecule has 0 saturated carbocycles. The van der Waals surface area contributed by atoms with E-state index in [4.69, 9.17) is 0 Å². The van der Waals surface area contributed by atoms with Crippen molar-refractivity contribution >= 4 is 11.9 Å². The van der Waals surface area contributed by atoms with Crippen LogP contribution in [0.3, 0.4) is 0 Å². The minimum atomic E-state index is -0.861. The van der Waals surface area contributed by atoms with Crippen LogP contribution in [0.15, 0.2) is 18.2 Å². The number of benzene rings is 1. The third kappa shape index (κ3) is 3.55. The van der Waals surface area contributed by atoms with Gasteiger partial charge in [-0.3, -0.25) is 10.1 Å². The van der Waals surface area contributed by atoms with Crippen LogP contribution in [0.5, 0.6) is 0 Å². The molecule has 136 valence electrons. The monoisotopic (exact) mass is 345 g/mol. The highest BCUT2D eigenvalue weighted by molar-refractivity contribution is 6.06. The topological polar surface area (TPSA) is 81.7 Å². The highest BCUT2D eigenvalue weighted by atomic mass is 16.3. The minimum Gasteiger partial charge on any atom is -0.387 e. The molecule has 0 aromatic heterocycles. The SMILES string of the molecule is Cc1ccc(C)c([C@H](O)CN2CCC[C@H]([C@@]3(C)NC(=O)NC3=O)C2)c1. The molecule has 3 rings (SSSR count). The van der Waals surface area contributed by atoms with Gasteiger partial charge < -0.3 is 15.3 Å². The van der Waals surface area contributed by atoms with E-state index in [1.807, 2.05) is 32.0 Å². The summed E-state index contributed by atoms with van der Waals surface area (Å²) in [6.45, 7) is 7.94. The summed E-state index contributed by atoms with van der Waals surface area (Å²) in [6, 6.07) is 5.70. The van der Waals surface area contributed by atoms with E-state index in [-0.39, 0.29) is 11.8 Å². The Labute approximate surface area is 148 Å². The number of piperidine rings is 1. The molecular weight excluding hydrogens is 318 g/mol. The molecule has 0 unspecified atom stereocenters. The largest absolute Gasteiger partial charge is 0.387 e. The highest BCUT2D eigenvalue weighted by Gasteiger charge is 2.48. The highest BCUT2D eigenvalue weighted by Crippen LogP contribution is 2.31. The fourth-order valence-electron chi connectivity index (χ4n) is 4.00. The Morgan fingerprint density at radius 1 is 1.36 bits per heavy atom. The maximum absolute atomic E-state index is 12.2. The second-order valence-electron chi connectivity index (χ2n) is 7.59. The molecule has 1 aromatic carbocycles. The van der Waals surface area contributed by atoms with Crippen molar-refractivity contribution in [2.24, 2.45) is 5.92 Å². The van der Waals surface area contributed by atoms with Gasteiger partial charge in [0.2, 0.25) is 0 Å². The van der Waals surface area contributed by atoms with Crippen LogP contribution in [0.25, 0.3) is 0 Å². The normalized spacial score (nSPS) is 28.6. The fourth-order valence-corrected chi connectivity index (χ4v) is 4.00. The molecule has 2 aliphatic heterocycles. The van der Waals surface area contributed by atoms with Gasteiger partial charge >= 0.3 is 6.03 Å². The molecule has 3 atom stereocenters. The standard InChI is InChI=1S/C19H27N3O3/c1-12-6-7-13(2)15(9-12)16(23)11-22-8-4-5-14(10-22)19(3)17(24)20-18(25)21-19/h6-7,9,14,16,23H,4-5,8,10-11H2,1-3H3,(H2,20,21,24,25)/t14-,16+,19+/m0/s1. The van der Waals surface area contributed by atoms with Gasteiger partial charge in [0.25, 0.3) is 5.91 Å². The summed E-state index contributed by atoms with van der Waals surface area (Å²) < 4.78 is 0. The summed E-state index contributed by atoms with van der Waals surface area (Å²) in [5, 5.41) is 15.8. The lowest BCUT2D eigenvalue weighted by molar-refractivity contribution is -0.126. The van der Waals surface area contributed by atoms with Crippen molar-refractivity contribution in [3.63, 3.8) is 0 Å². The molecule has 25 heavy (non-hydrogen) atoms. The number of hydrogen-bond donors (Lipinski definition) is 3. The average Bonchev–Trinajstić information content (AvgIpc) is 2.83. The third-order valence-corrected chi connectivity index (χ3v) is 5.62. The predicted octanol–water partition coefficient (Wildman–Crippen LogP) is 1.65. The summed E-state index contributed by atoms with van der Waals surface area (Å²) >= 11 is 0. The number of carbonyl (C=O) groups is 2. The van der Waals surface area contributed by atoms with Gasteiger partial charge in [0.05, 0.1) is 6.10 Å². The lowest BCUT2D eigenvalue weighted by Crippen LogP contribution is -2.56. The zero-order chi connectivity index (χ0) is 18.2. The molecule has 2 saturated heterocycles. The number of nitrogens with zero attached hydrogens (tertiary/aromatic N) is 1. The van der Waals surface area contributed by atoms with Gasteiger partial charge in [-0.05, 0) is 51.3 Å². The molecule has 0 bridgehead atoms. The Kier molecular flexibility index (Phi) is 4.84. The van der Waals surface area contributed by atoms with Crippen molar-refractivity contribution in [3.8, 4) is 0 Å². The first kappa shape index (κ1) is 17.9. The number of urea groups is 1. The number of likely N-dealkylation sites (tertiary alicyclic amines) is 1. The molecule has 3 amide bonds. The van der Waals surface area contributed by atoms with Crippen molar-refractivity contribution in [2.75, 3.05) is 19.6 Å². The average molecular weight is 345 g/mol. The lowest BCUT2D eigenvalue weighted by atomic mass is 9.80. The number of aliphatic hydroxyl groups is 1. The van der Waals surface area contributed by atoms with E-state index in [9.17, 15) is 14.7 Å². The minimum absolute atomic E-state index is 0.0403. The first-order valence-electron chi connectivity index (χ1n) is 8.91. The smallest absolute Gasteiger partial charge is 0.322 e. The molecule has 3 N–H and O–H groups in total. The zero-order valence-corrected chi connectivity index (χ0v) is 15.1. The van der Waals surface area contributed by atoms with Crippen molar-refractivity contribution < 1.29 is 14.7 Å². The third-order valence-electron chi connectivity index (χ3n) is 5.62. The van der Waals surface area contributed by atoms with Crippen molar-refractivity contribution in [3.05, 3.63) is 34.9 Å². The van der Waals surface area contributed by atoms with Crippen molar-refractivity contribution in [2.45, 2.75) is 45.3 Å². The van der Waals surface area contributed by atoms with Gasteiger partial charge in [0, 0.05) is 19.0 Å². The Hall–Kier alpha value is -1.92. The van der Waals surface area contributed by atoms with E-state index in [1.54, 1.807) is 6.92 Å². The number of nitrogens with one attached hydrogen (secondary N) is 2. The van der Waals surface area contributed by atoms with Crippen LogP contribution in [0, 0.1) is 19.8 Å². The summed E-state index contributed by atoms with van der Waals surface area (Å²) in [7, 11) is 0. The predicted molar refractivity (Wildman–Crippen MR) is 95.1 cm³/mol. The number of β-amino-alcohol motifs (C(OH)–C–C–N with tert-alkyl or cyclic N) is 1.